The predicted octanol–water partition coefficient (Wildman–Crippen LogP) is 3.01. The quantitative estimate of drug-likeness (QED) is 0.648. The lowest BCUT2D eigenvalue weighted by Gasteiger charge is -2.15. The number of likely N-dealkylation sites (tertiary alicyclic amines) is 1. The SMILES string of the molecule is Cl.Cl.O=C(CCC1CCNC1)NCc1ccc(OCCN2CCCC2)cc1. The number of nitrogens with zero attached hydrogens (tertiary/aromatic N) is 1. The Hall–Kier alpha value is -1.01. The molecule has 154 valence electrons. The van der Waals surface area contributed by atoms with Crippen molar-refractivity contribution in [2.24, 2.45) is 5.92 Å². The topological polar surface area (TPSA) is 53.6 Å². The fourth-order valence-electron chi connectivity index (χ4n) is 3.59. The van der Waals surface area contributed by atoms with E-state index in [0.29, 0.717) is 18.9 Å². The second-order valence-electron chi connectivity index (χ2n) is 7.22. The molecule has 1 aromatic carbocycles. The van der Waals surface area contributed by atoms with Gasteiger partial charge in [-0.3, -0.25) is 9.69 Å². The first-order chi connectivity index (χ1) is 12.3. The maximum atomic E-state index is 11.9. The third-order valence-electron chi connectivity index (χ3n) is 5.23. The second kappa shape index (κ2) is 13.2. The number of ether oxygens (including phenoxy) is 1. The van der Waals surface area contributed by atoms with Gasteiger partial charge in [-0.2, -0.15) is 0 Å². The highest BCUT2D eigenvalue weighted by molar-refractivity contribution is 5.85. The molecule has 2 fully saturated rings. The Kier molecular flexibility index (Phi) is 11.8. The Morgan fingerprint density at radius 3 is 2.59 bits per heavy atom. The van der Waals surface area contributed by atoms with Crippen LogP contribution >= 0.6 is 24.8 Å². The zero-order chi connectivity index (χ0) is 17.3. The molecule has 7 heteroatoms. The van der Waals surface area contributed by atoms with Crippen molar-refractivity contribution in [3.05, 3.63) is 29.8 Å². The fraction of sp³-hybridized carbons (Fsp3) is 0.650. The second-order valence-corrected chi connectivity index (χ2v) is 7.22. The molecular weight excluding hydrogens is 385 g/mol. The lowest BCUT2D eigenvalue weighted by molar-refractivity contribution is -0.121. The van der Waals surface area contributed by atoms with Gasteiger partial charge in [-0.25, -0.2) is 0 Å². The molecule has 2 aliphatic rings. The molecule has 0 aliphatic carbocycles. The van der Waals surface area contributed by atoms with Crippen molar-refractivity contribution < 1.29 is 9.53 Å². The van der Waals surface area contributed by atoms with Gasteiger partial charge in [-0.1, -0.05) is 12.1 Å². The maximum absolute atomic E-state index is 11.9. The van der Waals surface area contributed by atoms with Crippen molar-refractivity contribution in [3.8, 4) is 5.75 Å². The van der Waals surface area contributed by atoms with Gasteiger partial charge < -0.3 is 15.4 Å². The van der Waals surface area contributed by atoms with Gasteiger partial charge in [-0.05, 0) is 75.5 Å². The standard InChI is InChI=1S/C20H31N3O2.2ClH/c24-20(8-5-18-9-10-21-15-18)22-16-17-3-6-19(7-4-17)25-14-13-23-11-1-2-12-23;;/h3-4,6-7,18,21H,1-2,5,8-16H2,(H,22,24);2*1H. The van der Waals surface area contributed by atoms with Crippen LogP contribution in [0.5, 0.6) is 5.75 Å². The number of rotatable bonds is 9. The number of carbonyl (C=O) groups excluding carboxylic acids is 1. The van der Waals surface area contributed by atoms with Crippen LogP contribution in [-0.2, 0) is 11.3 Å². The van der Waals surface area contributed by atoms with Crippen LogP contribution in [0.25, 0.3) is 0 Å². The summed E-state index contributed by atoms with van der Waals surface area (Å²) in [5, 5.41) is 6.36. The number of amides is 1. The summed E-state index contributed by atoms with van der Waals surface area (Å²) in [6, 6.07) is 8.06. The highest BCUT2D eigenvalue weighted by atomic mass is 35.5. The van der Waals surface area contributed by atoms with Gasteiger partial charge in [0, 0.05) is 19.5 Å². The monoisotopic (exact) mass is 417 g/mol. The molecule has 1 aromatic rings. The highest BCUT2D eigenvalue weighted by Gasteiger charge is 2.15. The summed E-state index contributed by atoms with van der Waals surface area (Å²) >= 11 is 0. The van der Waals surface area contributed by atoms with E-state index < -0.39 is 0 Å². The van der Waals surface area contributed by atoms with Crippen molar-refractivity contribution in [3.63, 3.8) is 0 Å². The van der Waals surface area contributed by atoms with E-state index in [9.17, 15) is 4.79 Å². The molecule has 5 nitrogen and oxygen atoms in total. The van der Waals surface area contributed by atoms with E-state index in [1.165, 1.54) is 32.4 Å². The zero-order valence-electron chi connectivity index (χ0n) is 16.0. The molecule has 1 unspecified atom stereocenters. The number of halogens is 2. The Morgan fingerprint density at radius 1 is 1.19 bits per heavy atom. The molecule has 0 aromatic heterocycles. The van der Waals surface area contributed by atoms with Crippen LogP contribution < -0.4 is 15.4 Å². The van der Waals surface area contributed by atoms with Crippen LogP contribution in [0.3, 0.4) is 0 Å². The van der Waals surface area contributed by atoms with Crippen LogP contribution in [0, 0.1) is 5.92 Å². The molecule has 2 saturated heterocycles. The number of hydrogen-bond acceptors (Lipinski definition) is 4. The minimum Gasteiger partial charge on any atom is -0.492 e. The van der Waals surface area contributed by atoms with E-state index in [2.05, 4.69) is 15.5 Å². The first-order valence-corrected chi connectivity index (χ1v) is 9.71. The molecule has 2 N–H and O–H groups in total. The first-order valence-electron chi connectivity index (χ1n) is 9.71. The zero-order valence-corrected chi connectivity index (χ0v) is 17.6. The third kappa shape index (κ3) is 8.69. The lowest BCUT2D eigenvalue weighted by Crippen LogP contribution is -2.25. The fourth-order valence-corrected chi connectivity index (χ4v) is 3.59. The van der Waals surface area contributed by atoms with Crippen LogP contribution in [0.2, 0.25) is 0 Å². The molecule has 1 atom stereocenters. The van der Waals surface area contributed by atoms with Gasteiger partial charge in [0.15, 0.2) is 0 Å². The molecule has 2 aliphatic heterocycles. The Balaban J connectivity index is 0.00000182. The molecule has 27 heavy (non-hydrogen) atoms. The molecule has 0 spiro atoms. The van der Waals surface area contributed by atoms with Gasteiger partial charge in [0.25, 0.3) is 0 Å². The minimum absolute atomic E-state index is 0. The summed E-state index contributed by atoms with van der Waals surface area (Å²) in [5.74, 6) is 1.73. The third-order valence-corrected chi connectivity index (χ3v) is 5.23. The maximum Gasteiger partial charge on any atom is 0.220 e. The average molecular weight is 418 g/mol. The van der Waals surface area contributed by atoms with E-state index in [4.69, 9.17) is 4.74 Å². The van der Waals surface area contributed by atoms with Gasteiger partial charge in [0.1, 0.15) is 12.4 Å². The molecule has 2 heterocycles. The lowest BCUT2D eigenvalue weighted by atomic mass is 10.0. The van der Waals surface area contributed by atoms with E-state index >= 15 is 0 Å². The minimum atomic E-state index is 0. The van der Waals surface area contributed by atoms with Crippen molar-refractivity contribution in [1.82, 2.24) is 15.5 Å². The van der Waals surface area contributed by atoms with Crippen molar-refractivity contribution in [1.29, 1.82) is 0 Å². The highest BCUT2D eigenvalue weighted by Crippen LogP contribution is 2.15. The average Bonchev–Trinajstić information content (AvgIpc) is 3.33. The number of carbonyl (C=O) groups is 1. The van der Waals surface area contributed by atoms with Gasteiger partial charge in [0.05, 0.1) is 0 Å². The van der Waals surface area contributed by atoms with E-state index in [0.717, 1.165) is 44.0 Å². The Bertz CT molecular complexity index is 531. The Labute approximate surface area is 175 Å². The van der Waals surface area contributed by atoms with Crippen molar-refractivity contribution in [2.45, 2.75) is 38.6 Å². The predicted molar refractivity (Wildman–Crippen MR) is 114 cm³/mol. The van der Waals surface area contributed by atoms with E-state index in [-0.39, 0.29) is 30.7 Å². The van der Waals surface area contributed by atoms with Crippen molar-refractivity contribution in [2.75, 3.05) is 39.3 Å². The summed E-state index contributed by atoms with van der Waals surface area (Å²) in [6.45, 7) is 6.92. The molecule has 3 rings (SSSR count). The summed E-state index contributed by atoms with van der Waals surface area (Å²) in [6.07, 6.45) is 5.45. The van der Waals surface area contributed by atoms with Crippen LogP contribution in [0.1, 0.15) is 37.7 Å². The summed E-state index contributed by atoms with van der Waals surface area (Å²) < 4.78 is 5.81. The summed E-state index contributed by atoms with van der Waals surface area (Å²) in [5.41, 5.74) is 1.11. The number of nitrogens with one attached hydrogen (secondary N) is 2. The van der Waals surface area contributed by atoms with E-state index in [1.807, 2.05) is 24.3 Å². The first kappa shape index (κ1) is 24.0. The van der Waals surface area contributed by atoms with Gasteiger partial charge in [-0.15, -0.1) is 24.8 Å². The smallest absolute Gasteiger partial charge is 0.220 e. The van der Waals surface area contributed by atoms with Crippen molar-refractivity contribution >= 4 is 30.7 Å². The largest absolute Gasteiger partial charge is 0.492 e. The summed E-state index contributed by atoms with van der Waals surface area (Å²) in [7, 11) is 0. The molecule has 1 amide bonds. The van der Waals surface area contributed by atoms with Crippen LogP contribution in [-0.4, -0.2) is 50.1 Å². The van der Waals surface area contributed by atoms with Gasteiger partial charge >= 0.3 is 0 Å². The molecule has 0 bridgehead atoms. The van der Waals surface area contributed by atoms with E-state index in [1.54, 1.807) is 0 Å². The molecular formula is C20H33Cl2N3O2. The summed E-state index contributed by atoms with van der Waals surface area (Å²) in [4.78, 5) is 14.4. The van der Waals surface area contributed by atoms with Crippen LogP contribution in [0.4, 0.5) is 0 Å². The number of hydrogen-bond donors (Lipinski definition) is 2. The number of benzene rings is 1. The molecule has 0 radical (unpaired) electrons. The van der Waals surface area contributed by atoms with Gasteiger partial charge in [0.2, 0.25) is 5.91 Å². The normalized spacial score (nSPS) is 19.2. The molecule has 0 saturated carbocycles. The Morgan fingerprint density at radius 2 is 1.93 bits per heavy atom. The van der Waals surface area contributed by atoms with Crippen LogP contribution in [0.15, 0.2) is 24.3 Å².